The smallest absolute Gasteiger partial charge is 0.313 e. The predicted octanol–water partition coefficient (Wildman–Crippen LogP) is 3.41. The van der Waals surface area contributed by atoms with E-state index in [-0.39, 0.29) is 28.1 Å². The average Bonchev–Trinajstić information content (AvgIpc) is 2.43. The quantitative estimate of drug-likeness (QED) is 0.670. The Kier molecular flexibility index (Phi) is 4.93. The van der Waals surface area contributed by atoms with E-state index in [2.05, 4.69) is 21.2 Å². The van der Waals surface area contributed by atoms with Crippen molar-refractivity contribution in [2.45, 2.75) is 37.8 Å². The van der Waals surface area contributed by atoms with Crippen molar-refractivity contribution in [2.75, 3.05) is 7.05 Å². The minimum atomic E-state index is -0.669. The van der Waals surface area contributed by atoms with Gasteiger partial charge in [0.05, 0.1) is 15.5 Å². The van der Waals surface area contributed by atoms with Crippen molar-refractivity contribution in [3.8, 4) is 5.75 Å². The van der Waals surface area contributed by atoms with E-state index < -0.39 is 10.7 Å². The lowest BCUT2D eigenvalue weighted by Gasteiger charge is -2.31. The van der Waals surface area contributed by atoms with Crippen LogP contribution in [0, 0.1) is 15.9 Å². The fourth-order valence-corrected chi connectivity index (χ4v) is 2.81. The second-order valence-electron chi connectivity index (χ2n) is 4.83. The first-order chi connectivity index (χ1) is 9.52. The Morgan fingerprint density at radius 2 is 2.15 bits per heavy atom. The Bertz CT molecular complexity index is 513. The van der Waals surface area contributed by atoms with Crippen LogP contribution in [0.25, 0.3) is 0 Å². The van der Waals surface area contributed by atoms with Gasteiger partial charge in [0.25, 0.3) is 0 Å². The van der Waals surface area contributed by atoms with Crippen molar-refractivity contribution < 1.29 is 14.1 Å². The van der Waals surface area contributed by atoms with Crippen molar-refractivity contribution in [1.29, 1.82) is 0 Å². The molecule has 0 aromatic heterocycles. The molecule has 0 radical (unpaired) electrons. The number of halogens is 2. The second kappa shape index (κ2) is 6.49. The van der Waals surface area contributed by atoms with Gasteiger partial charge in [-0.3, -0.25) is 10.1 Å². The fraction of sp³-hybridized carbons (Fsp3) is 0.538. The molecule has 0 spiro atoms. The van der Waals surface area contributed by atoms with Gasteiger partial charge in [-0.15, -0.1) is 0 Å². The number of nitro benzene ring substituents is 1. The van der Waals surface area contributed by atoms with E-state index >= 15 is 0 Å². The fourth-order valence-electron chi connectivity index (χ4n) is 2.49. The molecule has 0 amide bonds. The second-order valence-corrected chi connectivity index (χ2v) is 5.68. The molecular weight excluding hydrogens is 331 g/mol. The van der Waals surface area contributed by atoms with Crippen molar-refractivity contribution in [3.63, 3.8) is 0 Å². The third-order valence-electron chi connectivity index (χ3n) is 3.55. The lowest BCUT2D eigenvalue weighted by atomic mass is 9.92. The van der Waals surface area contributed by atoms with Crippen LogP contribution in [-0.2, 0) is 0 Å². The number of hydrogen-bond donors (Lipinski definition) is 1. The van der Waals surface area contributed by atoms with Gasteiger partial charge in [-0.2, -0.15) is 0 Å². The highest BCUT2D eigenvalue weighted by molar-refractivity contribution is 9.10. The van der Waals surface area contributed by atoms with Crippen LogP contribution in [0.1, 0.15) is 25.7 Å². The maximum atomic E-state index is 13.4. The van der Waals surface area contributed by atoms with E-state index in [1.54, 1.807) is 0 Å². The third-order valence-corrected chi connectivity index (χ3v) is 4.16. The van der Waals surface area contributed by atoms with Gasteiger partial charge in [-0.25, -0.2) is 4.39 Å². The molecule has 2 atom stereocenters. The molecule has 7 heteroatoms. The van der Waals surface area contributed by atoms with Gasteiger partial charge < -0.3 is 10.1 Å². The molecule has 1 aliphatic rings. The molecular formula is C13H16BrFN2O3. The summed E-state index contributed by atoms with van der Waals surface area (Å²) in [6.45, 7) is 0. The summed E-state index contributed by atoms with van der Waals surface area (Å²) in [5, 5.41) is 14.2. The molecule has 1 fully saturated rings. The molecule has 20 heavy (non-hydrogen) atoms. The van der Waals surface area contributed by atoms with Gasteiger partial charge in [0.2, 0.25) is 0 Å². The summed E-state index contributed by atoms with van der Waals surface area (Å²) in [7, 11) is 1.85. The highest BCUT2D eigenvalue weighted by Crippen LogP contribution is 2.35. The number of nitro groups is 1. The van der Waals surface area contributed by atoms with E-state index in [0.29, 0.717) is 0 Å². The third kappa shape index (κ3) is 3.27. The van der Waals surface area contributed by atoms with E-state index in [1.807, 2.05) is 7.05 Å². The van der Waals surface area contributed by atoms with Gasteiger partial charge in [0.1, 0.15) is 11.9 Å². The maximum Gasteiger partial charge on any atom is 0.313 e. The van der Waals surface area contributed by atoms with E-state index in [0.717, 1.165) is 31.7 Å². The molecule has 0 saturated heterocycles. The van der Waals surface area contributed by atoms with Crippen LogP contribution < -0.4 is 10.1 Å². The molecule has 1 aromatic rings. The molecule has 1 aliphatic carbocycles. The zero-order valence-corrected chi connectivity index (χ0v) is 12.7. The predicted molar refractivity (Wildman–Crippen MR) is 76.5 cm³/mol. The van der Waals surface area contributed by atoms with Gasteiger partial charge in [-0.1, -0.05) is 6.42 Å². The highest BCUT2D eigenvalue weighted by Gasteiger charge is 2.28. The highest BCUT2D eigenvalue weighted by atomic mass is 79.9. The van der Waals surface area contributed by atoms with Gasteiger partial charge in [-0.05, 0) is 42.2 Å². The van der Waals surface area contributed by atoms with Gasteiger partial charge in [0.15, 0.2) is 5.75 Å². The van der Waals surface area contributed by atoms with Crippen molar-refractivity contribution in [3.05, 3.63) is 32.5 Å². The molecule has 1 N–H and O–H groups in total. The van der Waals surface area contributed by atoms with Crippen molar-refractivity contribution in [1.82, 2.24) is 5.32 Å². The van der Waals surface area contributed by atoms with Crippen LogP contribution in [0.15, 0.2) is 16.6 Å². The van der Waals surface area contributed by atoms with Crippen LogP contribution >= 0.6 is 15.9 Å². The average molecular weight is 347 g/mol. The summed E-state index contributed by atoms with van der Waals surface area (Å²) in [6, 6.07) is 2.37. The molecule has 2 unspecified atom stereocenters. The monoisotopic (exact) mass is 346 g/mol. The normalized spacial score (nSPS) is 22.6. The summed E-state index contributed by atoms with van der Waals surface area (Å²) in [5.74, 6) is -0.562. The molecule has 110 valence electrons. The summed E-state index contributed by atoms with van der Waals surface area (Å²) in [6.07, 6.45) is 3.80. The van der Waals surface area contributed by atoms with Crippen LogP contribution in [0.5, 0.6) is 5.75 Å². The summed E-state index contributed by atoms with van der Waals surface area (Å²) >= 11 is 3.03. The van der Waals surface area contributed by atoms with Crippen LogP contribution in [-0.4, -0.2) is 24.1 Å². The minimum absolute atomic E-state index is 0.107. The Balaban J connectivity index is 2.27. The molecule has 0 heterocycles. The number of benzene rings is 1. The molecule has 5 nitrogen and oxygen atoms in total. The standard InChI is InChI=1S/C13H16BrFN2O3/c1-16-10-4-2-3-5-12(10)20-13-6-8(14)9(15)7-11(13)17(18)19/h6-7,10,12,16H,2-5H2,1H3. The van der Waals surface area contributed by atoms with Gasteiger partial charge in [0, 0.05) is 12.1 Å². The Labute approximate surface area is 124 Å². The Hall–Kier alpha value is -1.21. The van der Waals surface area contributed by atoms with E-state index in [1.165, 1.54) is 6.07 Å². The number of nitrogens with zero attached hydrogens (tertiary/aromatic N) is 1. The molecule has 1 saturated carbocycles. The summed E-state index contributed by atoms with van der Waals surface area (Å²) in [4.78, 5) is 10.4. The number of ether oxygens (including phenoxy) is 1. The van der Waals surface area contributed by atoms with E-state index in [4.69, 9.17) is 4.74 Å². The lowest BCUT2D eigenvalue weighted by Crippen LogP contribution is -2.43. The zero-order valence-electron chi connectivity index (χ0n) is 11.1. The van der Waals surface area contributed by atoms with Crippen molar-refractivity contribution >= 4 is 21.6 Å². The first kappa shape index (κ1) is 15.2. The topological polar surface area (TPSA) is 64.4 Å². The zero-order chi connectivity index (χ0) is 14.7. The summed E-state index contributed by atoms with van der Waals surface area (Å²) < 4.78 is 19.4. The molecule has 0 aliphatic heterocycles. The van der Waals surface area contributed by atoms with Crippen molar-refractivity contribution in [2.24, 2.45) is 0 Å². The SMILES string of the molecule is CNC1CCCCC1Oc1cc(Br)c(F)cc1[N+](=O)[O-]. The number of hydrogen-bond acceptors (Lipinski definition) is 4. The van der Waals surface area contributed by atoms with Crippen LogP contribution in [0.4, 0.5) is 10.1 Å². The first-order valence-electron chi connectivity index (χ1n) is 6.50. The lowest BCUT2D eigenvalue weighted by molar-refractivity contribution is -0.386. The minimum Gasteiger partial charge on any atom is -0.482 e. The number of nitrogens with one attached hydrogen (secondary N) is 1. The van der Waals surface area contributed by atoms with E-state index in [9.17, 15) is 14.5 Å². The number of likely N-dealkylation sites (N-methyl/N-ethyl adjacent to an activating group) is 1. The Morgan fingerprint density at radius 1 is 1.45 bits per heavy atom. The maximum absolute atomic E-state index is 13.4. The van der Waals surface area contributed by atoms with Crippen LogP contribution in [0.3, 0.4) is 0 Å². The van der Waals surface area contributed by atoms with Crippen LogP contribution in [0.2, 0.25) is 0 Å². The largest absolute Gasteiger partial charge is 0.482 e. The Morgan fingerprint density at radius 3 is 2.80 bits per heavy atom. The van der Waals surface area contributed by atoms with Gasteiger partial charge >= 0.3 is 5.69 Å². The number of rotatable bonds is 4. The first-order valence-corrected chi connectivity index (χ1v) is 7.29. The molecule has 2 rings (SSSR count). The molecule has 1 aromatic carbocycles. The summed E-state index contributed by atoms with van der Waals surface area (Å²) in [5.41, 5.74) is -0.342. The molecule has 0 bridgehead atoms.